The van der Waals surface area contributed by atoms with E-state index in [4.69, 9.17) is 4.55 Å². The summed E-state index contributed by atoms with van der Waals surface area (Å²) in [5.41, 5.74) is 1.61. The molecule has 0 aliphatic carbocycles. The molecule has 3 nitrogen and oxygen atoms in total. The molecule has 0 fully saturated rings. The fourth-order valence-electron chi connectivity index (χ4n) is 0.900. The number of benzene rings is 1. The minimum Gasteiger partial charge on any atom is -0.285 e. The van der Waals surface area contributed by atoms with E-state index < -0.39 is 10.1 Å². The monoisotopic (exact) mass is 240 g/mol. The normalized spacial score (nSPS) is 9.88. The van der Waals surface area contributed by atoms with Crippen LogP contribution in [-0.4, -0.2) is 18.7 Å². The van der Waals surface area contributed by atoms with Crippen molar-refractivity contribution in [2.45, 2.75) is 6.92 Å². The Bertz CT molecular complexity index is 433. The van der Waals surface area contributed by atoms with Crippen LogP contribution in [0.4, 0.5) is 0 Å². The van der Waals surface area contributed by atoms with Gasteiger partial charge < -0.3 is 0 Å². The van der Waals surface area contributed by atoms with Crippen LogP contribution in [0.2, 0.25) is 0 Å². The van der Waals surface area contributed by atoms with E-state index >= 15 is 0 Å². The van der Waals surface area contributed by atoms with Crippen LogP contribution >= 0.6 is 0 Å². The average Bonchev–Trinajstić information content (AvgIpc) is 2.16. The van der Waals surface area contributed by atoms with E-state index in [1.54, 1.807) is 0 Å². The topological polar surface area (TPSA) is 54.4 Å². The molecule has 0 spiro atoms. The van der Waals surface area contributed by atoms with Gasteiger partial charge >= 0.3 is 0 Å². The lowest BCUT2D eigenvalue weighted by Crippen LogP contribution is -2.03. The summed E-state index contributed by atoms with van der Waals surface area (Å²) in [6.07, 6.45) is 1.83. The predicted octanol–water partition coefficient (Wildman–Crippen LogP) is 2.78. The first kappa shape index (κ1) is 14.6. The zero-order chi connectivity index (χ0) is 12.6. The van der Waals surface area contributed by atoms with Crippen molar-refractivity contribution in [3.63, 3.8) is 0 Å². The van der Waals surface area contributed by atoms with Gasteiger partial charge in [-0.25, -0.2) is 0 Å². The summed E-state index contributed by atoms with van der Waals surface area (Å²) in [5.74, 6) is -0.340. The van der Waals surface area contributed by atoms with Crippen LogP contribution < -0.4 is 0 Å². The molecular formula is C12H16O3S. The molecule has 0 unspecified atom stereocenters. The van der Waals surface area contributed by atoms with Gasteiger partial charge in [0.2, 0.25) is 0 Å². The van der Waals surface area contributed by atoms with Crippen LogP contribution in [0.1, 0.15) is 12.5 Å². The molecule has 0 atom stereocenters. The first-order valence-electron chi connectivity index (χ1n) is 4.62. The summed E-state index contributed by atoms with van der Waals surface area (Å²) >= 11 is 0. The Balaban J connectivity index is 0.000000281. The Labute approximate surface area is 96.9 Å². The third-order valence-electron chi connectivity index (χ3n) is 1.46. The highest BCUT2D eigenvalue weighted by molar-refractivity contribution is 7.85. The third-order valence-corrected chi connectivity index (χ3v) is 2.32. The molecule has 0 aliphatic rings. The summed E-state index contributed by atoms with van der Waals surface area (Å²) in [7, 11) is -3.82. The van der Waals surface area contributed by atoms with Gasteiger partial charge in [0.15, 0.2) is 0 Å². The number of hydrogen-bond donors (Lipinski definition) is 1. The highest BCUT2D eigenvalue weighted by Crippen LogP contribution is 1.97. The van der Waals surface area contributed by atoms with Crippen molar-refractivity contribution in [3.8, 4) is 0 Å². The quantitative estimate of drug-likeness (QED) is 0.653. The Kier molecular flexibility index (Phi) is 6.37. The van der Waals surface area contributed by atoms with Crippen molar-refractivity contribution in [1.29, 1.82) is 0 Å². The van der Waals surface area contributed by atoms with E-state index in [0.717, 1.165) is 0 Å². The smallest absolute Gasteiger partial charge is 0.268 e. The SMILES string of the molecule is C=C(C)CS(=O)(=O)O.C=Cc1ccccc1. The van der Waals surface area contributed by atoms with Crippen molar-refractivity contribution in [3.05, 3.63) is 54.6 Å². The molecule has 1 aromatic carbocycles. The minimum atomic E-state index is -3.82. The van der Waals surface area contributed by atoms with Crippen LogP contribution in [0.5, 0.6) is 0 Å². The van der Waals surface area contributed by atoms with Gasteiger partial charge in [0.25, 0.3) is 10.1 Å². The molecule has 16 heavy (non-hydrogen) atoms. The zero-order valence-corrected chi connectivity index (χ0v) is 10.1. The second kappa shape index (κ2) is 6.98. The van der Waals surface area contributed by atoms with Gasteiger partial charge in [0, 0.05) is 0 Å². The van der Waals surface area contributed by atoms with Gasteiger partial charge in [0.05, 0.1) is 5.75 Å². The molecule has 1 N–H and O–H groups in total. The lowest BCUT2D eigenvalue weighted by molar-refractivity contribution is 0.486. The van der Waals surface area contributed by atoms with Gasteiger partial charge in [0.1, 0.15) is 0 Å². The summed E-state index contributed by atoms with van der Waals surface area (Å²) in [6, 6.07) is 10.0. The van der Waals surface area contributed by atoms with Crippen LogP contribution in [-0.2, 0) is 10.1 Å². The van der Waals surface area contributed by atoms with Gasteiger partial charge in [-0.15, -0.1) is 0 Å². The Morgan fingerprint density at radius 1 is 1.38 bits per heavy atom. The third kappa shape index (κ3) is 9.18. The van der Waals surface area contributed by atoms with E-state index in [1.165, 1.54) is 12.5 Å². The second-order valence-corrected chi connectivity index (χ2v) is 4.75. The molecule has 88 valence electrons. The highest BCUT2D eigenvalue weighted by atomic mass is 32.2. The average molecular weight is 240 g/mol. The second-order valence-electron chi connectivity index (χ2n) is 3.30. The molecule has 1 rings (SSSR count). The fourth-order valence-corrected chi connectivity index (χ4v) is 1.52. The van der Waals surface area contributed by atoms with Gasteiger partial charge in [-0.3, -0.25) is 4.55 Å². The molecule has 0 heterocycles. The van der Waals surface area contributed by atoms with E-state index in [2.05, 4.69) is 13.2 Å². The van der Waals surface area contributed by atoms with Gasteiger partial charge in [-0.1, -0.05) is 55.1 Å². The van der Waals surface area contributed by atoms with Crippen molar-refractivity contribution in [2.75, 3.05) is 5.75 Å². The first-order chi connectivity index (χ1) is 7.35. The van der Waals surface area contributed by atoms with Gasteiger partial charge in [-0.2, -0.15) is 8.42 Å². The molecule has 0 aromatic heterocycles. The van der Waals surface area contributed by atoms with Crippen LogP contribution in [0.3, 0.4) is 0 Å². The van der Waals surface area contributed by atoms with Crippen molar-refractivity contribution < 1.29 is 13.0 Å². The molecule has 0 saturated heterocycles. The number of rotatable bonds is 3. The van der Waals surface area contributed by atoms with E-state index in [1.807, 2.05) is 36.4 Å². The molecular weight excluding hydrogens is 224 g/mol. The maximum atomic E-state index is 9.94. The molecule has 4 heteroatoms. The van der Waals surface area contributed by atoms with E-state index in [0.29, 0.717) is 5.57 Å². The summed E-state index contributed by atoms with van der Waals surface area (Å²) in [5, 5.41) is 0. The Hall–Kier alpha value is -1.39. The maximum absolute atomic E-state index is 9.94. The van der Waals surface area contributed by atoms with Gasteiger partial charge in [-0.05, 0) is 12.5 Å². The van der Waals surface area contributed by atoms with Crippen LogP contribution in [0.15, 0.2) is 49.1 Å². The lowest BCUT2D eigenvalue weighted by atomic mass is 10.2. The van der Waals surface area contributed by atoms with E-state index in [9.17, 15) is 8.42 Å². The molecule has 0 bridgehead atoms. The van der Waals surface area contributed by atoms with Crippen molar-refractivity contribution in [1.82, 2.24) is 0 Å². The van der Waals surface area contributed by atoms with Crippen molar-refractivity contribution >= 4 is 16.2 Å². The summed E-state index contributed by atoms with van der Waals surface area (Å²) < 4.78 is 28.0. The van der Waals surface area contributed by atoms with E-state index in [-0.39, 0.29) is 5.75 Å². The molecule has 1 aromatic rings. The van der Waals surface area contributed by atoms with Crippen molar-refractivity contribution in [2.24, 2.45) is 0 Å². The minimum absolute atomic E-state index is 0.340. The molecule has 0 amide bonds. The Morgan fingerprint density at radius 2 is 1.88 bits per heavy atom. The highest BCUT2D eigenvalue weighted by Gasteiger charge is 2.01. The van der Waals surface area contributed by atoms with Crippen LogP contribution in [0.25, 0.3) is 6.08 Å². The fraction of sp³-hybridized carbons (Fsp3) is 0.167. The van der Waals surface area contributed by atoms with Crippen LogP contribution in [0, 0.1) is 0 Å². The summed E-state index contributed by atoms with van der Waals surface area (Å²) in [4.78, 5) is 0. The largest absolute Gasteiger partial charge is 0.285 e. The lowest BCUT2D eigenvalue weighted by Gasteiger charge is -1.90. The Morgan fingerprint density at radius 3 is 2.06 bits per heavy atom. The first-order valence-corrected chi connectivity index (χ1v) is 6.23. The molecule has 0 aliphatic heterocycles. The molecule has 0 radical (unpaired) electrons. The standard InChI is InChI=1S/C8H8.C4H8O3S/c1-2-8-6-4-3-5-7-8;1-4(2)3-8(5,6)7/h2-7H,1H2;1,3H2,2H3,(H,5,6,7). The predicted molar refractivity (Wildman–Crippen MR) is 67.8 cm³/mol. The number of hydrogen-bond acceptors (Lipinski definition) is 2. The summed E-state index contributed by atoms with van der Waals surface area (Å²) in [6.45, 7) is 8.47. The zero-order valence-electron chi connectivity index (χ0n) is 9.26. The maximum Gasteiger partial charge on any atom is 0.268 e. The molecule has 0 saturated carbocycles.